The number of likely N-dealkylation sites (N-methyl/N-ethyl adjacent to an activating group) is 1. The second kappa shape index (κ2) is 9.01. The number of amides is 1. The second-order valence-corrected chi connectivity index (χ2v) is 5.34. The number of rotatable bonds is 8. The van der Waals surface area contributed by atoms with Crippen LogP contribution in [0.5, 0.6) is 11.5 Å². The summed E-state index contributed by atoms with van der Waals surface area (Å²) < 4.78 is 35.1. The molecule has 0 spiro atoms. The molecule has 0 aliphatic carbocycles. The van der Waals surface area contributed by atoms with E-state index in [0.29, 0.717) is 19.5 Å². The lowest BCUT2D eigenvalue weighted by Crippen LogP contribution is -2.33. The Hall–Kier alpha value is -2.63. The lowest BCUT2D eigenvalue weighted by Gasteiger charge is -2.23. The molecule has 25 heavy (non-hydrogen) atoms. The van der Waals surface area contributed by atoms with Crippen LogP contribution in [0.3, 0.4) is 0 Å². The first kappa shape index (κ1) is 18.7. The van der Waals surface area contributed by atoms with Crippen molar-refractivity contribution in [3.8, 4) is 11.5 Å². The van der Waals surface area contributed by atoms with Crippen LogP contribution in [0.2, 0.25) is 0 Å². The van der Waals surface area contributed by atoms with Crippen LogP contribution in [0, 0.1) is 0 Å². The Kier molecular flexibility index (Phi) is 6.74. The highest BCUT2D eigenvalue weighted by Crippen LogP contribution is 2.33. The van der Waals surface area contributed by atoms with Crippen LogP contribution >= 0.6 is 0 Å². The number of carbonyl (C=O) groups is 1. The molecule has 0 heterocycles. The van der Waals surface area contributed by atoms with Gasteiger partial charge in [0.05, 0.1) is 12.7 Å². The van der Waals surface area contributed by atoms with Crippen molar-refractivity contribution in [2.45, 2.75) is 20.0 Å². The third-order valence-corrected chi connectivity index (χ3v) is 3.82. The highest BCUT2D eigenvalue weighted by atomic mass is 19.3. The van der Waals surface area contributed by atoms with E-state index in [2.05, 4.69) is 4.74 Å². The first-order valence-corrected chi connectivity index (χ1v) is 8.01. The van der Waals surface area contributed by atoms with Crippen LogP contribution in [-0.2, 0) is 6.42 Å². The molecular weight excluding hydrogens is 328 g/mol. The molecule has 4 nitrogen and oxygen atoms in total. The van der Waals surface area contributed by atoms with Gasteiger partial charge in [0, 0.05) is 13.1 Å². The molecule has 2 aromatic rings. The first-order valence-electron chi connectivity index (χ1n) is 8.01. The van der Waals surface area contributed by atoms with Gasteiger partial charge in [0.2, 0.25) is 0 Å². The van der Waals surface area contributed by atoms with Crippen LogP contribution in [-0.4, -0.2) is 37.6 Å². The predicted octanol–water partition coefficient (Wildman–Crippen LogP) is 4.00. The molecule has 0 N–H and O–H groups in total. The van der Waals surface area contributed by atoms with Crippen molar-refractivity contribution in [1.82, 2.24) is 4.90 Å². The standard InChI is InChI=1S/C19H21F2NO3/c1-3-22(13-12-14-8-5-4-6-9-14)18(23)15-10-7-11-16(24-2)17(15)25-19(20)21/h4-11,19H,3,12-13H2,1-2H3. The third kappa shape index (κ3) is 4.92. The largest absolute Gasteiger partial charge is 0.493 e. The zero-order valence-corrected chi connectivity index (χ0v) is 14.2. The fraction of sp³-hybridized carbons (Fsp3) is 0.316. The van der Waals surface area contributed by atoms with Gasteiger partial charge in [0.15, 0.2) is 11.5 Å². The van der Waals surface area contributed by atoms with Gasteiger partial charge in [-0.05, 0) is 31.0 Å². The summed E-state index contributed by atoms with van der Waals surface area (Å²) in [6.45, 7) is -0.263. The summed E-state index contributed by atoms with van der Waals surface area (Å²) in [6.07, 6.45) is 0.676. The van der Waals surface area contributed by atoms with Crippen molar-refractivity contribution in [1.29, 1.82) is 0 Å². The van der Waals surface area contributed by atoms with E-state index in [0.717, 1.165) is 5.56 Å². The smallest absolute Gasteiger partial charge is 0.387 e. The molecule has 0 saturated heterocycles. The Balaban J connectivity index is 2.21. The maximum absolute atomic E-state index is 12.8. The summed E-state index contributed by atoms with van der Waals surface area (Å²) >= 11 is 0. The number of carbonyl (C=O) groups excluding carboxylic acids is 1. The Morgan fingerprint density at radius 1 is 1.12 bits per heavy atom. The molecule has 0 bridgehead atoms. The van der Waals surface area contributed by atoms with E-state index in [1.807, 2.05) is 37.3 Å². The molecule has 0 aliphatic heterocycles. The highest BCUT2D eigenvalue weighted by Gasteiger charge is 2.23. The zero-order valence-electron chi connectivity index (χ0n) is 14.2. The van der Waals surface area contributed by atoms with Crippen molar-refractivity contribution in [3.05, 3.63) is 59.7 Å². The zero-order chi connectivity index (χ0) is 18.2. The fourth-order valence-corrected chi connectivity index (χ4v) is 2.54. The lowest BCUT2D eigenvalue weighted by molar-refractivity contribution is -0.0516. The van der Waals surface area contributed by atoms with Gasteiger partial charge in [-0.25, -0.2) is 0 Å². The van der Waals surface area contributed by atoms with Gasteiger partial charge in [-0.2, -0.15) is 8.78 Å². The van der Waals surface area contributed by atoms with E-state index in [1.54, 1.807) is 11.0 Å². The Bertz CT molecular complexity index is 692. The molecule has 2 aromatic carbocycles. The van der Waals surface area contributed by atoms with Crippen LogP contribution in [0.1, 0.15) is 22.8 Å². The number of hydrogen-bond donors (Lipinski definition) is 0. The molecule has 0 atom stereocenters. The number of alkyl halides is 2. The molecule has 0 aromatic heterocycles. The van der Waals surface area contributed by atoms with Gasteiger partial charge in [-0.3, -0.25) is 4.79 Å². The van der Waals surface area contributed by atoms with Gasteiger partial charge in [-0.15, -0.1) is 0 Å². The summed E-state index contributed by atoms with van der Waals surface area (Å²) in [5.41, 5.74) is 1.16. The van der Waals surface area contributed by atoms with Gasteiger partial charge < -0.3 is 14.4 Å². The van der Waals surface area contributed by atoms with E-state index < -0.39 is 6.61 Å². The monoisotopic (exact) mass is 349 g/mol. The number of hydrogen-bond acceptors (Lipinski definition) is 3. The Morgan fingerprint density at radius 2 is 1.84 bits per heavy atom. The van der Waals surface area contributed by atoms with Gasteiger partial charge in [0.25, 0.3) is 5.91 Å². The maximum atomic E-state index is 12.8. The van der Waals surface area contributed by atoms with Crippen LogP contribution < -0.4 is 9.47 Å². The highest BCUT2D eigenvalue weighted by molar-refractivity contribution is 5.97. The lowest BCUT2D eigenvalue weighted by atomic mass is 10.1. The van der Waals surface area contributed by atoms with Crippen molar-refractivity contribution in [3.63, 3.8) is 0 Å². The van der Waals surface area contributed by atoms with E-state index in [1.165, 1.54) is 19.2 Å². The van der Waals surface area contributed by atoms with Gasteiger partial charge in [-0.1, -0.05) is 36.4 Å². The van der Waals surface area contributed by atoms with Crippen molar-refractivity contribution in [2.24, 2.45) is 0 Å². The van der Waals surface area contributed by atoms with Crippen molar-refractivity contribution < 1.29 is 23.0 Å². The summed E-state index contributed by atoms with van der Waals surface area (Å²) in [5.74, 6) is -0.499. The Labute approximate surface area is 146 Å². The SMILES string of the molecule is CCN(CCc1ccccc1)C(=O)c1cccc(OC)c1OC(F)F. The van der Waals surface area contributed by atoms with Crippen molar-refractivity contribution in [2.75, 3.05) is 20.2 Å². The van der Waals surface area contributed by atoms with Crippen LogP contribution in [0.15, 0.2) is 48.5 Å². The van der Waals surface area contributed by atoms with Crippen LogP contribution in [0.25, 0.3) is 0 Å². The Morgan fingerprint density at radius 3 is 2.44 bits per heavy atom. The topological polar surface area (TPSA) is 38.8 Å². The molecule has 0 fully saturated rings. The summed E-state index contributed by atoms with van der Waals surface area (Å²) in [4.78, 5) is 14.4. The van der Waals surface area contributed by atoms with Gasteiger partial charge in [0.1, 0.15) is 0 Å². The molecule has 6 heteroatoms. The minimum absolute atomic E-state index is 0.0644. The number of para-hydroxylation sites is 1. The average molecular weight is 349 g/mol. The molecule has 1 amide bonds. The molecule has 134 valence electrons. The van der Waals surface area contributed by atoms with Crippen molar-refractivity contribution >= 4 is 5.91 Å². The molecule has 0 aliphatic rings. The number of ether oxygens (including phenoxy) is 2. The average Bonchev–Trinajstić information content (AvgIpc) is 2.62. The van der Waals surface area contributed by atoms with E-state index >= 15 is 0 Å². The molecule has 0 radical (unpaired) electrons. The number of benzene rings is 2. The number of halogens is 2. The van der Waals surface area contributed by atoms with E-state index in [-0.39, 0.29) is 23.0 Å². The quantitative estimate of drug-likeness (QED) is 0.723. The van der Waals surface area contributed by atoms with E-state index in [4.69, 9.17) is 4.74 Å². The molecular formula is C19H21F2NO3. The molecule has 0 unspecified atom stereocenters. The fourth-order valence-electron chi connectivity index (χ4n) is 2.54. The maximum Gasteiger partial charge on any atom is 0.387 e. The minimum atomic E-state index is -3.04. The summed E-state index contributed by atoms with van der Waals surface area (Å²) in [5, 5.41) is 0. The van der Waals surface area contributed by atoms with E-state index in [9.17, 15) is 13.6 Å². The van der Waals surface area contributed by atoms with Crippen LogP contribution in [0.4, 0.5) is 8.78 Å². The minimum Gasteiger partial charge on any atom is -0.493 e. The number of nitrogens with zero attached hydrogens (tertiary/aromatic N) is 1. The normalized spacial score (nSPS) is 10.6. The third-order valence-electron chi connectivity index (χ3n) is 3.82. The predicted molar refractivity (Wildman–Crippen MR) is 91.3 cm³/mol. The second-order valence-electron chi connectivity index (χ2n) is 5.34. The summed E-state index contributed by atoms with van der Waals surface area (Å²) in [7, 11) is 1.34. The van der Waals surface area contributed by atoms with Gasteiger partial charge >= 0.3 is 6.61 Å². The molecule has 2 rings (SSSR count). The number of methoxy groups -OCH3 is 1. The first-order chi connectivity index (χ1) is 12.1. The summed E-state index contributed by atoms with van der Waals surface area (Å²) in [6, 6.07) is 14.3. The molecule has 0 saturated carbocycles.